The van der Waals surface area contributed by atoms with Gasteiger partial charge in [-0.1, -0.05) is 6.08 Å². The molecule has 0 aromatic heterocycles. The second-order valence-corrected chi connectivity index (χ2v) is 10.1. The van der Waals surface area contributed by atoms with Crippen LogP contribution in [0.15, 0.2) is 71.3 Å². The molecule has 2 aromatic carbocycles. The van der Waals surface area contributed by atoms with E-state index in [1.165, 1.54) is 9.80 Å². The maximum Gasteiger partial charge on any atom is 0.261 e. The molecule has 214 valence electrons. The van der Waals surface area contributed by atoms with Crippen molar-refractivity contribution in [1.82, 2.24) is 9.80 Å². The lowest BCUT2D eigenvalue weighted by molar-refractivity contribution is -0.141. The number of ether oxygens (including phenoxy) is 4. The molecule has 0 N–H and O–H groups in total. The number of hydrogen-bond acceptors (Lipinski definition) is 8. The number of amides is 4. The highest BCUT2D eigenvalue weighted by Crippen LogP contribution is 2.41. The minimum absolute atomic E-state index is 0.0555. The molecule has 5 rings (SSSR count). The first-order valence-electron chi connectivity index (χ1n) is 13.5. The number of carbonyl (C=O) groups is 4. The van der Waals surface area contributed by atoms with Gasteiger partial charge in [0.15, 0.2) is 0 Å². The minimum Gasteiger partial charge on any atom is -0.497 e. The molecule has 0 spiro atoms. The predicted octanol–water partition coefficient (Wildman–Crippen LogP) is 3.17. The summed E-state index contributed by atoms with van der Waals surface area (Å²) in [6.07, 6.45) is 2.14. The van der Waals surface area contributed by atoms with Crippen LogP contribution in [0.1, 0.15) is 19.8 Å². The molecule has 2 aromatic rings. The molecular weight excluding hydrogens is 528 g/mol. The SMILES string of the molecule is COc1ccc(OCCN2C(=O)C3=C(C2=O)C(C)=CC(C2CC(=O)N(CCOc4ccc(OC)cc4)C2=O)C3)cc1. The van der Waals surface area contributed by atoms with Gasteiger partial charge in [-0.25, -0.2) is 0 Å². The van der Waals surface area contributed by atoms with Crippen molar-refractivity contribution < 1.29 is 38.1 Å². The zero-order valence-electron chi connectivity index (χ0n) is 23.3. The first-order chi connectivity index (χ1) is 19.8. The average molecular weight is 561 g/mol. The number of rotatable bonds is 11. The Kier molecular flexibility index (Phi) is 8.09. The van der Waals surface area contributed by atoms with E-state index in [-0.39, 0.29) is 68.7 Å². The van der Waals surface area contributed by atoms with E-state index in [1.807, 2.05) is 6.08 Å². The zero-order valence-corrected chi connectivity index (χ0v) is 23.3. The molecule has 10 heteroatoms. The third kappa shape index (κ3) is 5.68. The molecule has 1 saturated heterocycles. The van der Waals surface area contributed by atoms with Crippen LogP contribution in [0.3, 0.4) is 0 Å². The van der Waals surface area contributed by atoms with Gasteiger partial charge in [0.25, 0.3) is 11.8 Å². The standard InChI is InChI=1S/C31H32N2O8/c1-19-16-20(25-18-27(34)32(29(25)35)12-14-40-23-8-4-21(38-2)5-9-23)17-26-28(19)31(37)33(30(26)36)13-15-41-24-10-6-22(39-3)7-11-24/h4-11,16,20,25H,12-15,17-18H2,1-3H3. The normalized spacial score (nSPS) is 20.4. The van der Waals surface area contributed by atoms with Crippen molar-refractivity contribution in [2.75, 3.05) is 40.5 Å². The van der Waals surface area contributed by atoms with Crippen LogP contribution in [0.25, 0.3) is 0 Å². The summed E-state index contributed by atoms with van der Waals surface area (Å²) in [6, 6.07) is 14.1. The Morgan fingerprint density at radius 2 is 1.22 bits per heavy atom. The summed E-state index contributed by atoms with van der Waals surface area (Å²) in [4.78, 5) is 54.9. The number of hydrogen-bond donors (Lipinski definition) is 0. The number of methoxy groups -OCH3 is 2. The number of allylic oxidation sites excluding steroid dienone is 1. The van der Waals surface area contributed by atoms with Gasteiger partial charge >= 0.3 is 0 Å². The van der Waals surface area contributed by atoms with Crippen molar-refractivity contribution in [2.45, 2.75) is 19.8 Å². The van der Waals surface area contributed by atoms with E-state index in [4.69, 9.17) is 18.9 Å². The fourth-order valence-corrected chi connectivity index (χ4v) is 5.51. The molecule has 0 saturated carbocycles. The monoisotopic (exact) mass is 560 g/mol. The summed E-state index contributed by atoms with van der Waals surface area (Å²) in [5, 5.41) is 0. The Morgan fingerprint density at radius 1 is 0.707 bits per heavy atom. The summed E-state index contributed by atoms with van der Waals surface area (Å²) in [5.41, 5.74) is 1.43. The third-order valence-electron chi connectivity index (χ3n) is 7.64. The molecule has 0 bridgehead atoms. The van der Waals surface area contributed by atoms with Crippen LogP contribution in [0.5, 0.6) is 23.0 Å². The van der Waals surface area contributed by atoms with Crippen molar-refractivity contribution in [1.29, 1.82) is 0 Å². The fraction of sp³-hybridized carbons (Fsp3) is 0.355. The first kappa shape index (κ1) is 27.9. The molecule has 0 radical (unpaired) electrons. The van der Waals surface area contributed by atoms with Crippen LogP contribution in [-0.4, -0.2) is 74.0 Å². The van der Waals surface area contributed by atoms with Gasteiger partial charge in [-0.05, 0) is 73.4 Å². The Labute approximate surface area is 238 Å². The van der Waals surface area contributed by atoms with E-state index in [2.05, 4.69) is 0 Å². The Hall–Kier alpha value is -4.60. The molecule has 10 nitrogen and oxygen atoms in total. The fourth-order valence-electron chi connectivity index (χ4n) is 5.51. The minimum atomic E-state index is -0.595. The van der Waals surface area contributed by atoms with Gasteiger partial charge in [-0.3, -0.25) is 29.0 Å². The maximum atomic E-state index is 13.3. The molecule has 3 aliphatic rings. The molecule has 41 heavy (non-hydrogen) atoms. The van der Waals surface area contributed by atoms with Crippen LogP contribution >= 0.6 is 0 Å². The highest BCUT2D eigenvalue weighted by atomic mass is 16.5. The summed E-state index contributed by atoms with van der Waals surface area (Å²) < 4.78 is 21.7. The summed E-state index contributed by atoms with van der Waals surface area (Å²) in [7, 11) is 3.15. The van der Waals surface area contributed by atoms with Crippen LogP contribution in [0.2, 0.25) is 0 Å². The lowest BCUT2D eigenvalue weighted by atomic mass is 9.78. The number of likely N-dealkylation sites (tertiary alicyclic amines) is 1. The predicted molar refractivity (Wildman–Crippen MR) is 147 cm³/mol. The molecule has 2 atom stereocenters. The average Bonchev–Trinajstić information content (AvgIpc) is 3.40. The second-order valence-electron chi connectivity index (χ2n) is 10.1. The van der Waals surface area contributed by atoms with Crippen LogP contribution in [0.4, 0.5) is 0 Å². The molecule has 2 heterocycles. The van der Waals surface area contributed by atoms with Crippen LogP contribution < -0.4 is 18.9 Å². The van der Waals surface area contributed by atoms with E-state index in [0.717, 1.165) is 0 Å². The van der Waals surface area contributed by atoms with Crippen molar-refractivity contribution >= 4 is 23.6 Å². The summed E-state index contributed by atoms with van der Waals surface area (Å²) in [5.74, 6) is 0.368. The van der Waals surface area contributed by atoms with Crippen molar-refractivity contribution in [3.8, 4) is 23.0 Å². The van der Waals surface area contributed by atoms with Gasteiger partial charge in [-0.2, -0.15) is 0 Å². The molecular formula is C31H32N2O8. The second kappa shape index (κ2) is 11.9. The highest BCUT2D eigenvalue weighted by Gasteiger charge is 2.47. The quantitative estimate of drug-likeness (QED) is 0.386. The Morgan fingerprint density at radius 3 is 1.76 bits per heavy atom. The van der Waals surface area contributed by atoms with Gasteiger partial charge in [0, 0.05) is 12.0 Å². The van der Waals surface area contributed by atoms with Gasteiger partial charge in [0.2, 0.25) is 11.8 Å². The Balaban J connectivity index is 1.17. The van der Waals surface area contributed by atoms with Crippen molar-refractivity contribution in [3.05, 3.63) is 71.3 Å². The Bertz CT molecular complexity index is 1410. The van der Waals surface area contributed by atoms with E-state index < -0.39 is 5.92 Å². The van der Waals surface area contributed by atoms with Gasteiger partial charge < -0.3 is 18.9 Å². The highest BCUT2D eigenvalue weighted by molar-refractivity contribution is 6.21. The van der Waals surface area contributed by atoms with Gasteiger partial charge in [0.05, 0.1) is 38.8 Å². The molecule has 1 fully saturated rings. The van der Waals surface area contributed by atoms with Crippen LogP contribution in [-0.2, 0) is 19.2 Å². The summed E-state index contributed by atoms with van der Waals surface area (Å²) >= 11 is 0. The summed E-state index contributed by atoms with van der Waals surface area (Å²) in [6.45, 7) is 2.29. The first-order valence-corrected chi connectivity index (χ1v) is 13.5. The molecule has 2 aliphatic heterocycles. The largest absolute Gasteiger partial charge is 0.497 e. The van der Waals surface area contributed by atoms with Gasteiger partial charge in [0.1, 0.15) is 36.2 Å². The number of nitrogens with zero attached hydrogens (tertiary/aromatic N) is 2. The third-order valence-corrected chi connectivity index (χ3v) is 7.64. The molecule has 4 amide bonds. The zero-order chi connectivity index (χ0) is 29.1. The van der Waals surface area contributed by atoms with Crippen LogP contribution in [0, 0.1) is 11.8 Å². The van der Waals surface area contributed by atoms with E-state index >= 15 is 0 Å². The van der Waals surface area contributed by atoms with E-state index in [0.29, 0.717) is 39.7 Å². The van der Waals surface area contributed by atoms with E-state index in [9.17, 15) is 19.2 Å². The van der Waals surface area contributed by atoms with E-state index in [1.54, 1.807) is 69.7 Å². The molecule has 2 unspecified atom stereocenters. The number of carbonyl (C=O) groups excluding carboxylic acids is 4. The number of imide groups is 2. The van der Waals surface area contributed by atoms with Crippen molar-refractivity contribution in [2.24, 2.45) is 11.8 Å². The maximum absolute atomic E-state index is 13.3. The molecule has 1 aliphatic carbocycles. The lowest BCUT2D eigenvalue weighted by Crippen LogP contribution is -2.36. The number of benzene rings is 2. The van der Waals surface area contributed by atoms with Gasteiger partial charge in [-0.15, -0.1) is 0 Å². The smallest absolute Gasteiger partial charge is 0.261 e. The van der Waals surface area contributed by atoms with Crippen molar-refractivity contribution in [3.63, 3.8) is 0 Å². The topological polar surface area (TPSA) is 112 Å². The lowest BCUT2D eigenvalue weighted by Gasteiger charge is -2.24.